The fourth-order valence-electron chi connectivity index (χ4n) is 3.71. The maximum Gasteiger partial charge on any atom is 0.211 e. The maximum absolute atomic E-state index is 12.0. The second kappa shape index (κ2) is 7.39. The van der Waals surface area contributed by atoms with E-state index < -0.39 is 10.0 Å². The van der Waals surface area contributed by atoms with Crippen LogP contribution in [0.1, 0.15) is 25.3 Å². The molecule has 0 atom stereocenters. The summed E-state index contributed by atoms with van der Waals surface area (Å²) in [5.41, 5.74) is 2.13. The first-order chi connectivity index (χ1) is 12.3. The summed E-state index contributed by atoms with van der Waals surface area (Å²) in [5.74, 6) is 0. The molecule has 2 heterocycles. The molecule has 6 nitrogen and oxygen atoms in total. The third-order valence-electron chi connectivity index (χ3n) is 4.85. The Morgan fingerprint density at radius 3 is 2.65 bits per heavy atom. The molecular formula is C18H21ClN4O2S. The molecule has 0 bridgehead atoms. The molecule has 1 aromatic carbocycles. The van der Waals surface area contributed by atoms with Gasteiger partial charge in [-0.3, -0.25) is 4.98 Å². The van der Waals surface area contributed by atoms with Crippen LogP contribution in [-0.2, 0) is 10.0 Å². The van der Waals surface area contributed by atoms with Crippen molar-refractivity contribution in [2.75, 3.05) is 30.8 Å². The Morgan fingerprint density at radius 2 is 2.08 bits per heavy atom. The molecule has 0 radical (unpaired) electrons. The molecule has 0 spiro atoms. The van der Waals surface area contributed by atoms with E-state index in [-0.39, 0.29) is 6.04 Å². The van der Waals surface area contributed by atoms with Crippen LogP contribution < -0.4 is 4.90 Å². The van der Waals surface area contributed by atoms with Gasteiger partial charge in [0.05, 0.1) is 23.0 Å². The molecule has 0 saturated carbocycles. The highest BCUT2D eigenvalue weighted by Crippen LogP contribution is 2.33. The minimum Gasteiger partial charge on any atom is -0.370 e. The van der Waals surface area contributed by atoms with Crippen molar-refractivity contribution in [1.82, 2.24) is 9.29 Å². The van der Waals surface area contributed by atoms with Crippen LogP contribution in [0, 0.1) is 11.3 Å². The predicted molar refractivity (Wildman–Crippen MR) is 104 cm³/mol. The van der Waals surface area contributed by atoms with Crippen molar-refractivity contribution >= 4 is 38.2 Å². The number of pyridine rings is 1. The Kier molecular flexibility index (Phi) is 5.37. The second-order valence-electron chi connectivity index (χ2n) is 6.48. The van der Waals surface area contributed by atoms with Crippen molar-refractivity contribution in [2.45, 2.75) is 25.8 Å². The number of nitriles is 1. The Labute approximate surface area is 159 Å². The van der Waals surface area contributed by atoms with E-state index in [0.717, 1.165) is 29.4 Å². The number of sulfonamides is 1. The number of nitrogens with zero attached hydrogens (tertiary/aromatic N) is 4. The van der Waals surface area contributed by atoms with Gasteiger partial charge < -0.3 is 4.90 Å². The molecule has 0 N–H and O–H groups in total. The molecule has 0 unspecified atom stereocenters. The van der Waals surface area contributed by atoms with Crippen molar-refractivity contribution < 1.29 is 8.42 Å². The average Bonchev–Trinajstić information content (AvgIpc) is 2.60. The van der Waals surface area contributed by atoms with Crippen LogP contribution in [0.3, 0.4) is 0 Å². The normalized spacial score (nSPS) is 16.2. The van der Waals surface area contributed by atoms with Crippen LogP contribution in [-0.4, -0.2) is 49.6 Å². The van der Waals surface area contributed by atoms with Crippen LogP contribution >= 0.6 is 11.6 Å². The molecule has 1 fully saturated rings. The Hall–Kier alpha value is -1.88. The zero-order chi connectivity index (χ0) is 18.9. The first-order valence-electron chi connectivity index (χ1n) is 8.55. The van der Waals surface area contributed by atoms with Crippen molar-refractivity contribution in [3.05, 3.63) is 35.0 Å². The Bertz CT molecular complexity index is 963. The van der Waals surface area contributed by atoms with Gasteiger partial charge in [0.15, 0.2) is 0 Å². The fraction of sp³-hybridized carbons (Fsp3) is 0.444. The van der Waals surface area contributed by atoms with E-state index >= 15 is 0 Å². The highest BCUT2D eigenvalue weighted by Gasteiger charge is 2.30. The van der Waals surface area contributed by atoms with Gasteiger partial charge in [-0.25, -0.2) is 8.42 Å². The summed E-state index contributed by atoms with van der Waals surface area (Å²) in [6.07, 6.45) is 4.29. The Balaban J connectivity index is 1.92. The minimum absolute atomic E-state index is 0.00604. The summed E-state index contributed by atoms with van der Waals surface area (Å²) in [7, 11) is -3.21. The highest BCUT2D eigenvalue weighted by molar-refractivity contribution is 7.88. The summed E-state index contributed by atoms with van der Waals surface area (Å²) in [6, 6.07) is 7.68. The lowest BCUT2D eigenvalue weighted by Crippen LogP contribution is -2.47. The van der Waals surface area contributed by atoms with Gasteiger partial charge >= 0.3 is 0 Å². The summed E-state index contributed by atoms with van der Waals surface area (Å²) in [5, 5.41) is 11.0. The van der Waals surface area contributed by atoms with E-state index in [9.17, 15) is 13.7 Å². The second-order valence-corrected chi connectivity index (χ2v) is 8.85. The van der Waals surface area contributed by atoms with Gasteiger partial charge in [0.25, 0.3) is 0 Å². The molecule has 2 aromatic rings. The first-order valence-corrected chi connectivity index (χ1v) is 10.8. The topological polar surface area (TPSA) is 77.3 Å². The summed E-state index contributed by atoms with van der Waals surface area (Å²) >= 11 is 6.16. The molecule has 1 aliphatic heterocycles. The SMILES string of the molecule is CCN(C1CCN(c2c(C#N)cnc3ccc(Cl)cc23)CC1)S(C)(=O)=O. The lowest BCUT2D eigenvalue weighted by atomic mass is 10.0. The maximum atomic E-state index is 12.0. The molecule has 1 aromatic heterocycles. The molecule has 8 heteroatoms. The number of hydrogen-bond donors (Lipinski definition) is 0. The molecule has 138 valence electrons. The van der Waals surface area contributed by atoms with Gasteiger partial charge in [0, 0.05) is 42.3 Å². The number of benzene rings is 1. The quantitative estimate of drug-likeness (QED) is 0.799. The van der Waals surface area contributed by atoms with Crippen molar-refractivity contribution in [3.8, 4) is 6.07 Å². The number of anilines is 1. The van der Waals surface area contributed by atoms with E-state index in [0.29, 0.717) is 30.2 Å². The molecule has 3 rings (SSSR count). The average molecular weight is 393 g/mol. The number of aromatic nitrogens is 1. The highest BCUT2D eigenvalue weighted by atomic mass is 35.5. The summed E-state index contributed by atoms with van der Waals surface area (Å²) in [6.45, 7) is 3.69. The van der Waals surface area contributed by atoms with E-state index in [1.54, 1.807) is 16.6 Å². The molecule has 1 saturated heterocycles. The van der Waals surface area contributed by atoms with E-state index in [4.69, 9.17) is 11.6 Å². The van der Waals surface area contributed by atoms with Crippen LogP contribution in [0.5, 0.6) is 0 Å². The van der Waals surface area contributed by atoms with Gasteiger partial charge in [-0.2, -0.15) is 9.57 Å². The summed E-state index contributed by atoms with van der Waals surface area (Å²) in [4.78, 5) is 6.49. The van der Waals surface area contributed by atoms with E-state index in [1.165, 1.54) is 6.26 Å². The molecular weight excluding hydrogens is 372 g/mol. The largest absolute Gasteiger partial charge is 0.370 e. The summed E-state index contributed by atoms with van der Waals surface area (Å²) < 4.78 is 25.5. The van der Waals surface area contributed by atoms with Gasteiger partial charge in [0.2, 0.25) is 10.0 Å². The zero-order valence-electron chi connectivity index (χ0n) is 14.8. The van der Waals surface area contributed by atoms with Crippen LogP contribution in [0.25, 0.3) is 10.9 Å². The monoisotopic (exact) mass is 392 g/mol. The number of rotatable bonds is 4. The van der Waals surface area contributed by atoms with Crippen molar-refractivity contribution in [1.29, 1.82) is 5.26 Å². The molecule has 1 aliphatic rings. The number of halogens is 1. The van der Waals surface area contributed by atoms with Gasteiger partial charge in [-0.05, 0) is 31.0 Å². The predicted octanol–water partition coefficient (Wildman–Crippen LogP) is 3.01. The van der Waals surface area contributed by atoms with Crippen LogP contribution in [0.4, 0.5) is 5.69 Å². The number of fused-ring (bicyclic) bond motifs is 1. The lowest BCUT2D eigenvalue weighted by molar-refractivity contribution is 0.285. The van der Waals surface area contributed by atoms with Crippen molar-refractivity contribution in [3.63, 3.8) is 0 Å². The number of hydrogen-bond acceptors (Lipinski definition) is 5. The van der Waals surface area contributed by atoms with E-state index in [1.807, 2.05) is 19.1 Å². The number of piperidine rings is 1. The smallest absolute Gasteiger partial charge is 0.211 e. The fourth-order valence-corrected chi connectivity index (χ4v) is 5.11. The standard InChI is InChI=1S/C18H21ClN4O2S/c1-3-23(26(2,24)25)15-6-8-22(9-7-15)18-13(11-20)12-21-17-5-4-14(19)10-16(17)18/h4-5,10,12,15H,3,6-9H2,1-2H3. The molecule has 0 amide bonds. The zero-order valence-corrected chi connectivity index (χ0v) is 16.4. The van der Waals surface area contributed by atoms with Gasteiger partial charge in [-0.15, -0.1) is 0 Å². The Morgan fingerprint density at radius 1 is 1.38 bits per heavy atom. The lowest BCUT2D eigenvalue weighted by Gasteiger charge is -2.38. The third-order valence-corrected chi connectivity index (χ3v) is 6.49. The third kappa shape index (κ3) is 3.63. The van der Waals surface area contributed by atoms with E-state index in [2.05, 4.69) is 16.0 Å². The van der Waals surface area contributed by atoms with Crippen LogP contribution in [0.2, 0.25) is 5.02 Å². The minimum atomic E-state index is -3.21. The molecule has 0 aliphatic carbocycles. The van der Waals surface area contributed by atoms with Gasteiger partial charge in [-0.1, -0.05) is 18.5 Å². The van der Waals surface area contributed by atoms with Gasteiger partial charge in [0.1, 0.15) is 6.07 Å². The first kappa shape index (κ1) is 18.9. The van der Waals surface area contributed by atoms with Crippen LogP contribution in [0.15, 0.2) is 24.4 Å². The molecule has 26 heavy (non-hydrogen) atoms. The van der Waals surface area contributed by atoms with Crippen molar-refractivity contribution in [2.24, 2.45) is 0 Å².